The van der Waals surface area contributed by atoms with Gasteiger partial charge in [0, 0.05) is 24.3 Å². The van der Waals surface area contributed by atoms with Crippen molar-refractivity contribution in [3.05, 3.63) is 59.7 Å². The highest BCUT2D eigenvalue weighted by atomic mass is 16.5. The maximum absolute atomic E-state index is 12.3. The van der Waals surface area contributed by atoms with E-state index < -0.39 is 0 Å². The molecule has 25 heavy (non-hydrogen) atoms. The number of carbonyl (C=O) groups is 1. The molecule has 128 valence electrons. The van der Waals surface area contributed by atoms with Crippen molar-refractivity contribution in [1.82, 2.24) is 4.90 Å². The molecule has 0 unspecified atom stereocenters. The SMILES string of the molecule is N#CCc1ccc(OCc2ccccc2NC(=O)N2CCCC2)cc1. The number of rotatable bonds is 5. The minimum absolute atomic E-state index is 0.0502. The highest BCUT2D eigenvalue weighted by molar-refractivity contribution is 5.90. The summed E-state index contributed by atoms with van der Waals surface area (Å²) in [5.74, 6) is 0.738. The van der Waals surface area contributed by atoms with Crippen molar-refractivity contribution in [2.45, 2.75) is 25.9 Å². The van der Waals surface area contributed by atoms with Gasteiger partial charge in [0.15, 0.2) is 0 Å². The second kappa shape index (κ2) is 8.20. The fraction of sp³-hybridized carbons (Fsp3) is 0.300. The van der Waals surface area contributed by atoms with Gasteiger partial charge in [0.05, 0.1) is 12.5 Å². The molecule has 0 saturated carbocycles. The number of carbonyl (C=O) groups excluding carboxylic acids is 1. The van der Waals surface area contributed by atoms with Crippen LogP contribution in [0.25, 0.3) is 0 Å². The van der Waals surface area contributed by atoms with E-state index in [0.29, 0.717) is 13.0 Å². The number of hydrogen-bond acceptors (Lipinski definition) is 3. The molecule has 1 N–H and O–H groups in total. The van der Waals surface area contributed by atoms with Crippen LogP contribution in [-0.2, 0) is 13.0 Å². The standard InChI is InChI=1S/C20H21N3O2/c21-12-11-16-7-9-18(10-8-16)25-15-17-5-1-2-6-19(17)22-20(24)23-13-3-4-14-23/h1-2,5-10H,3-4,11,13-15H2,(H,22,24). The van der Waals surface area contributed by atoms with Gasteiger partial charge >= 0.3 is 6.03 Å². The molecule has 5 nitrogen and oxygen atoms in total. The summed E-state index contributed by atoms with van der Waals surface area (Å²) < 4.78 is 5.83. The van der Waals surface area contributed by atoms with Crippen LogP contribution in [0.3, 0.4) is 0 Å². The van der Waals surface area contributed by atoms with Crippen molar-refractivity contribution in [3.63, 3.8) is 0 Å². The van der Waals surface area contributed by atoms with Crippen LogP contribution in [-0.4, -0.2) is 24.0 Å². The van der Waals surface area contributed by atoms with E-state index in [1.807, 2.05) is 53.4 Å². The molecule has 1 aliphatic heterocycles. The van der Waals surface area contributed by atoms with Crippen molar-refractivity contribution in [3.8, 4) is 11.8 Å². The molecule has 2 aromatic carbocycles. The van der Waals surface area contributed by atoms with Crippen molar-refractivity contribution in [1.29, 1.82) is 5.26 Å². The average Bonchev–Trinajstić information content (AvgIpc) is 3.17. The number of anilines is 1. The van der Waals surface area contributed by atoms with Gasteiger partial charge in [-0.3, -0.25) is 0 Å². The lowest BCUT2D eigenvalue weighted by Gasteiger charge is -2.18. The van der Waals surface area contributed by atoms with Crippen LogP contribution >= 0.6 is 0 Å². The van der Waals surface area contributed by atoms with E-state index in [0.717, 1.165) is 48.5 Å². The summed E-state index contributed by atoms with van der Waals surface area (Å²) in [6, 6.07) is 17.2. The molecule has 2 amide bonds. The second-order valence-corrected chi connectivity index (χ2v) is 6.05. The normalized spacial score (nSPS) is 13.3. The molecule has 0 atom stereocenters. The Labute approximate surface area is 147 Å². The number of nitrogens with one attached hydrogen (secondary N) is 1. The molecule has 0 aromatic heterocycles. The van der Waals surface area contributed by atoms with Crippen molar-refractivity contribution in [2.24, 2.45) is 0 Å². The summed E-state index contributed by atoms with van der Waals surface area (Å²) >= 11 is 0. The van der Waals surface area contributed by atoms with Crippen LogP contribution in [0.15, 0.2) is 48.5 Å². The summed E-state index contributed by atoms with van der Waals surface area (Å²) in [6.45, 7) is 2.01. The molecule has 0 aliphatic carbocycles. The van der Waals surface area contributed by atoms with Crippen molar-refractivity contribution in [2.75, 3.05) is 18.4 Å². The monoisotopic (exact) mass is 335 g/mol. The molecule has 2 aromatic rings. The van der Waals surface area contributed by atoms with E-state index in [1.165, 1.54) is 0 Å². The Hall–Kier alpha value is -3.00. The van der Waals surface area contributed by atoms with E-state index in [-0.39, 0.29) is 6.03 Å². The molecular formula is C20H21N3O2. The highest BCUT2D eigenvalue weighted by Gasteiger charge is 2.18. The summed E-state index contributed by atoms with van der Waals surface area (Å²) in [5, 5.41) is 11.7. The van der Waals surface area contributed by atoms with Gasteiger partial charge < -0.3 is 15.0 Å². The fourth-order valence-corrected chi connectivity index (χ4v) is 2.84. The third-order valence-corrected chi connectivity index (χ3v) is 4.25. The predicted molar refractivity (Wildman–Crippen MR) is 96.4 cm³/mol. The number of nitriles is 1. The number of urea groups is 1. The number of para-hydroxylation sites is 1. The van der Waals surface area contributed by atoms with E-state index >= 15 is 0 Å². The smallest absolute Gasteiger partial charge is 0.321 e. The molecule has 5 heteroatoms. The van der Waals surface area contributed by atoms with Crippen LogP contribution in [0.5, 0.6) is 5.75 Å². The summed E-state index contributed by atoms with van der Waals surface area (Å²) in [4.78, 5) is 14.1. The van der Waals surface area contributed by atoms with E-state index in [4.69, 9.17) is 10.00 Å². The van der Waals surface area contributed by atoms with E-state index in [9.17, 15) is 4.79 Å². The summed E-state index contributed by atoms with van der Waals surface area (Å²) in [6.07, 6.45) is 2.53. The van der Waals surface area contributed by atoms with Gasteiger partial charge in [-0.1, -0.05) is 30.3 Å². The zero-order chi connectivity index (χ0) is 17.5. The Morgan fingerprint density at radius 2 is 1.84 bits per heavy atom. The Morgan fingerprint density at radius 3 is 2.56 bits per heavy atom. The number of amides is 2. The minimum Gasteiger partial charge on any atom is -0.489 e. The molecule has 1 saturated heterocycles. The molecule has 1 heterocycles. The predicted octanol–water partition coefficient (Wildman–Crippen LogP) is 3.96. The lowest BCUT2D eigenvalue weighted by Crippen LogP contribution is -2.32. The average molecular weight is 335 g/mol. The van der Waals surface area contributed by atoms with Gasteiger partial charge in [0.1, 0.15) is 12.4 Å². The molecule has 0 bridgehead atoms. The van der Waals surface area contributed by atoms with E-state index in [2.05, 4.69) is 11.4 Å². The molecule has 0 radical (unpaired) electrons. The lowest BCUT2D eigenvalue weighted by atomic mass is 10.1. The Morgan fingerprint density at radius 1 is 1.12 bits per heavy atom. The molecule has 1 fully saturated rings. The first-order valence-electron chi connectivity index (χ1n) is 8.49. The van der Waals surface area contributed by atoms with Crippen LogP contribution in [0.4, 0.5) is 10.5 Å². The maximum Gasteiger partial charge on any atom is 0.321 e. The number of benzene rings is 2. The van der Waals surface area contributed by atoms with Gasteiger partial charge in [-0.2, -0.15) is 5.26 Å². The Balaban J connectivity index is 1.62. The van der Waals surface area contributed by atoms with Gasteiger partial charge in [-0.25, -0.2) is 4.79 Å². The molecule has 1 aliphatic rings. The van der Waals surface area contributed by atoms with Crippen LogP contribution in [0, 0.1) is 11.3 Å². The third-order valence-electron chi connectivity index (χ3n) is 4.25. The molecular weight excluding hydrogens is 314 g/mol. The Kier molecular flexibility index (Phi) is 5.53. The Bertz CT molecular complexity index is 759. The highest BCUT2D eigenvalue weighted by Crippen LogP contribution is 2.20. The summed E-state index contributed by atoms with van der Waals surface area (Å²) in [7, 11) is 0. The number of ether oxygens (including phenoxy) is 1. The van der Waals surface area contributed by atoms with Gasteiger partial charge in [-0.05, 0) is 36.6 Å². The van der Waals surface area contributed by atoms with Crippen molar-refractivity contribution < 1.29 is 9.53 Å². The first-order valence-corrected chi connectivity index (χ1v) is 8.49. The number of nitrogens with zero attached hydrogens (tertiary/aromatic N) is 2. The number of hydrogen-bond donors (Lipinski definition) is 1. The van der Waals surface area contributed by atoms with Crippen LogP contribution in [0.1, 0.15) is 24.0 Å². The van der Waals surface area contributed by atoms with E-state index in [1.54, 1.807) is 0 Å². The van der Waals surface area contributed by atoms with Gasteiger partial charge in [-0.15, -0.1) is 0 Å². The zero-order valence-electron chi connectivity index (χ0n) is 14.1. The summed E-state index contributed by atoms with van der Waals surface area (Å²) in [5.41, 5.74) is 2.67. The minimum atomic E-state index is -0.0502. The topological polar surface area (TPSA) is 65.4 Å². The third kappa shape index (κ3) is 4.51. The fourth-order valence-electron chi connectivity index (χ4n) is 2.84. The largest absolute Gasteiger partial charge is 0.489 e. The second-order valence-electron chi connectivity index (χ2n) is 6.05. The van der Waals surface area contributed by atoms with Crippen LogP contribution < -0.4 is 10.1 Å². The first-order chi connectivity index (χ1) is 12.3. The first kappa shape index (κ1) is 16.8. The van der Waals surface area contributed by atoms with Crippen molar-refractivity contribution >= 4 is 11.7 Å². The quantitative estimate of drug-likeness (QED) is 0.899. The maximum atomic E-state index is 12.3. The molecule has 3 rings (SSSR count). The zero-order valence-corrected chi connectivity index (χ0v) is 14.1. The lowest BCUT2D eigenvalue weighted by molar-refractivity contribution is 0.222. The number of likely N-dealkylation sites (tertiary alicyclic amines) is 1. The van der Waals surface area contributed by atoms with Gasteiger partial charge in [0.2, 0.25) is 0 Å². The molecule has 0 spiro atoms. The van der Waals surface area contributed by atoms with Gasteiger partial charge in [0.25, 0.3) is 0 Å². The van der Waals surface area contributed by atoms with Crippen LogP contribution in [0.2, 0.25) is 0 Å².